The van der Waals surface area contributed by atoms with Gasteiger partial charge in [-0.05, 0) is 31.5 Å². The molecule has 0 radical (unpaired) electrons. The van der Waals surface area contributed by atoms with Gasteiger partial charge in [0.25, 0.3) is 0 Å². The van der Waals surface area contributed by atoms with Crippen molar-refractivity contribution in [2.75, 3.05) is 0 Å². The summed E-state index contributed by atoms with van der Waals surface area (Å²) in [6.07, 6.45) is -6.40. The number of thiophene rings is 1. The molecule has 1 atom stereocenters. The summed E-state index contributed by atoms with van der Waals surface area (Å²) in [6, 6.07) is 1.68. The van der Waals surface area contributed by atoms with Crippen LogP contribution in [0.5, 0.6) is 5.88 Å². The molecule has 0 spiro atoms. The van der Waals surface area contributed by atoms with Crippen LogP contribution in [-0.4, -0.2) is 22.2 Å². The molecule has 0 aliphatic carbocycles. The van der Waals surface area contributed by atoms with Crippen molar-refractivity contribution < 1.29 is 17.9 Å². The largest absolute Gasteiger partial charge is 0.464 e. The van der Waals surface area contributed by atoms with Gasteiger partial charge in [-0.3, -0.25) is 0 Å². The summed E-state index contributed by atoms with van der Waals surface area (Å²) in [5, 5.41) is 0.312. The number of halogens is 4. The summed E-state index contributed by atoms with van der Waals surface area (Å²) in [5.41, 5.74) is 0. The standard InChI is InChI=1S/C10H8ClF3N2OS/c1-4-3-6-7(17-5(2)10(12,13)14)15-9(11)16-8(6)18-4/h3,5H,1-2H3. The van der Waals surface area contributed by atoms with Crippen molar-refractivity contribution in [3.8, 4) is 5.88 Å². The average Bonchev–Trinajstić information content (AvgIpc) is 2.56. The van der Waals surface area contributed by atoms with Crippen LogP contribution in [-0.2, 0) is 0 Å². The number of aromatic nitrogens is 2. The van der Waals surface area contributed by atoms with Crippen molar-refractivity contribution in [1.29, 1.82) is 0 Å². The lowest BCUT2D eigenvalue weighted by Crippen LogP contribution is -2.31. The summed E-state index contributed by atoms with van der Waals surface area (Å²) in [7, 11) is 0. The van der Waals surface area contributed by atoms with E-state index in [-0.39, 0.29) is 11.2 Å². The zero-order valence-corrected chi connectivity index (χ0v) is 10.9. The Morgan fingerprint density at radius 1 is 1.39 bits per heavy atom. The van der Waals surface area contributed by atoms with Crippen LogP contribution >= 0.6 is 22.9 Å². The highest BCUT2D eigenvalue weighted by Gasteiger charge is 2.38. The zero-order valence-electron chi connectivity index (χ0n) is 9.38. The molecule has 18 heavy (non-hydrogen) atoms. The molecule has 0 aromatic carbocycles. The molecule has 98 valence electrons. The molecule has 2 heterocycles. The zero-order chi connectivity index (χ0) is 13.5. The Morgan fingerprint density at radius 2 is 2.06 bits per heavy atom. The molecule has 0 bridgehead atoms. The number of alkyl halides is 3. The Labute approximate surface area is 110 Å². The van der Waals surface area contributed by atoms with Gasteiger partial charge in [-0.15, -0.1) is 11.3 Å². The quantitative estimate of drug-likeness (QED) is 0.786. The number of hydrogen-bond donors (Lipinski definition) is 0. The smallest absolute Gasteiger partial charge is 0.425 e. The first-order valence-corrected chi connectivity index (χ1v) is 6.14. The van der Waals surface area contributed by atoms with Crippen molar-refractivity contribution in [1.82, 2.24) is 9.97 Å². The number of nitrogens with zero attached hydrogens (tertiary/aromatic N) is 2. The minimum Gasteiger partial charge on any atom is -0.464 e. The maximum atomic E-state index is 12.4. The van der Waals surface area contributed by atoms with Gasteiger partial charge >= 0.3 is 6.18 Å². The van der Waals surface area contributed by atoms with Crippen LogP contribution in [0.3, 0.4) is 0 Å². The second kappa shape index (κ2) is 4.55. The molecule has 0 saturated carbocycles. The van der Waals surface area contributed by atoms with Crippen LogP contribution in [0.25, 0.3) is 10.2 Å². The maximum Gasteiger partial charge on any atom is 0.425 e. The summed E-state index contributed by atoms with van der Waals surface area (Å²) in [5.74, 6) is -0.140. The van der Waals surface area contributed by atoms with Gasteiger partial charge in [-0.1, -0.05) is 0 Å². The average molecular weight is 297 g/mol. The van der Waals surface area contributed by atoms with Crippen LogP contribution in [0.15, 0.2) is 6.07 Å². The van der Waals surface area contributed by atoms with E-state index in [1.165, 1.54) is 11.3 Å². The molecule has 0 aliphatic rings. The Morgan fingerprint density at radius 3 is 2.67 bits per heavy atom. The molecule has 0 aliphatic heterocycles. The van der Waals surface area contributed by atoms with Gasteiger partial charge in [0.05, 0.1) is 5.39 Å². The van der Waals surface area contributed by atoms with E-state index in [9.17, 15) is 13.2 Å². The Bertz CT molecular complexity index is 584. The van der Waals surface area contributed by atoms with Gasteiger partial charge in [-0.2, -0.15) is 18.2 Å². The van der Waals surface area contributed by atoms with Gasteiger partial charge in [0.15, 0.2) is 6.10 Å². The minimum atomic E-state index is -4.45. The normalized spacial score (nSPS) is 13.9. The first-order valence-electron chi connectivity index (χ1n) is 4.94. The maximum absolute atomic E-state index is 12.4. The van der Waals surface area contributed by atoms with Crippen LogP contribution in [0.1, 0.15) is 11.8 Å². The second-order valence-electron chi connectivity index (χ2n) is 3.68. The van der Waals surface area contributed by atoms with Crippen LogP contribution in [0.2, 0.25) is 5.28 Å². The summed E-state index contributed by atoms with van der Waals surface area (Å²) in [6.45, 7) is 2.73. The van der Waals surface area contributed by atoms with Crippen molar-refractivity contribution >= 4 is 33.2 Å². The number of aryl methyl sites for hydroxylation is 1. The molecule has 8 heteroatoms. The van der Waals surface area contributed by atoms with Gasteiger partial charge < -0.3 is 4.74 Å². The Balaban J connectivity index is 2.44. The molecular weight excluding hydrogens is 289 g/mol. The molecule has 2 aromatic rings. The first kappa shape index (κ1) is 13.4. The molecular formula is C10H8ClF3N2OS. The lowest BCUT2D eigenvalue weighted by Gasteiger charge is -2.17. The monoisotopic (exact) mass is 296 g/mol. The molecule has 0 N–H and O–H groups in total. The fourth-order valence-corrected chi connectivity index (χ4v) is 2.40. The number of fused-ring (bicyclic) bond motifs is 1. The van der Waals surface area contributed by atoms with Gasteiger partial charge in [0.2, 0.25) is 11.2 Å². The predicted molar refractivity (Wildman–Crippen MR) is 63.3 cm³/mol. The third-order valence-electron chi connectivity index (χ3n) is 2.20. The fraction of sp³-hybridized carbons (Fsp3) is 0.400. The summed E-state index contributed by atoms with van der Waals surface area (Å²) < 4.78 is 42.2. The van der Waals surface area contributed by atoms with E-state index < -0.39 is 12.3 Å². The number of ether oxygens (including phenoxy) is 1. The van der Waals surface area contributed by atoms with Gasteiger partial charge in [-0.25, -0.2) is 4.98 Å². The van der Waals surface area contributed by atoms with Crippen molar-refractivity contribution in [3.63, 3.8) is 0 Å². The van der Waals surface area contributed by atoms with Crippen molar-refractivity contribution in [2.24, 2.45) is 0 Å². The molecule has 2 aromatic heterocycles. The number of hydrogen-bond acceptors (Lipinski definition) is 4. The Hall–Kier alpha value is -1.08. The van der Waals surface area contributed by atoms with Crippen molar-refractivity contribution in [3.05, 3.63) is 16.2 Å². The van der Waals surface area contributed by atoms with E-state index >= 15 is 0 Å². The van der Waals surface area contributed by atoms with Crippen molar-refractivity contribution in [2.45, 2.75) is 26.1 Å². The van der Waals surface area contributed by atoms with E-state index in [0.717, 1.165) is 11.8 Å². The van der Waals surface area contributed by atoms with Gasteiger partial charge in [0, 0.05) is 4.88 Å². The lowest BCUT2D eigenvalue weighted by atomic mass is 10.3. The molecule has 3 nitrogen and oxygen atoms in total. The highest BCUT2D eigenvalue weighted by molar-refractivity contribution is 7.18. The third kappa shape index (κ3) is 2.67. The number of rotatable bonds is 2. The third-order valence-corrected chi connectivity index (χ3v) is 3.32. The molecule has 2 rings (SSSR count). The highest BCUT2D eigenvalue weighted by Crippen LogP contribution is 2.33. The lowest BCUT2D eigenvalue weighted by molar-refractivity contribution is -0.189. The van der Waals surface area contributed by atoms with E-state index in [4.69, 9.17) is 16.3 Å². The predicted octanol–water partition coefficient (Wildman–Crippen LogP) is 3.98. The van der Waals surface area contributed by atoms with E-state index in [2.05, 4.69) is 9.97 Å². The highest BCUT2D eigenvalue weighted by atomic mass is 35.5. The van der Waals surface area contributed by atoms with Crippen LogP contribution in [0.4, 0.5) is 13.2 Å². The second-order valence-corrected chi connectivity index (χ2v) is 5.25. The topological polar surface area (TPSA) is 35.0 Å². The summed E-state index contributed by atoms with van der Waals surface area (Å²) >= 11 is 6.97. The SMILES string of the molecule is Cc1cc2c(OC(C)C(F)(F)F)nc(Cl)nc2s1. The fourth-order valence-electron chi connectivity index (χ4n) is 1.32. The Kier molecular flexibility index (Phi) is 3.37. The van der Waals surface area contributed by atoms with E-state index in [0.29, 0.717) is 10.2 Å². The molecule has 0 fully saturated rings. The first-order chi connectivity index (χ1) is 8.27. The minimum absolute atomic E-state index is 0.131. The van der Waals surface area contributed by atoms with E-state index in [1.54, 1.807) is 6.07 Å². The van der Waals surface area contributed by atoms with Gasteiger partial charge in [0.1, 0.15) is 4.83 Å². The van der Waals surface area contributed by atoms with Crippen LogP contribution in [0, 0.1) is 6.92 Å². The molecule has 0 saturated heterocycles. The molecule has 1 unspecified atom stereocenters. The molecule has 0 amide bonds. The summed E-state index contributed by atoms with van der Waals surface area (Å²) in [4.78, 5) is 9.05. The van der Waals surface area contributed by atoms with E-state index in [1.807, 2.05) is 6.92 Å². The van der Waals surface area contributed by atoms with Crippen LogP contribution < -0.4 is 4.74 Å².